The summed E-state index contributed by atoms with van der Waals surface area (Å²) in [6.07, 6.45) is 1.85. The van der Waals surface area contributed by atoms with Gasteiger partial charge < -0.3 is 23.7 Å². The van der Waals surface area contributed by atoms with Crippen LogP contribution in [-0.4, -0.2) is 50.4 Å². The van der Waals surface area contributed by atoms with E-state index in [1.807, 2.05) is 37.9 Å². The predicted octanol–water partition coefficient (Wildman–Crippen LogP) is 7.76. The number of nitrogens with zero attached hydrogens (tertiary/aromatic N) is 3. The van der Waals surface area contributed by atoms with Crippen molar-refractivity contribution in [3.8, 4) is 0 Å². The molecule has 0 radical (unpaired) electrons. The van der Waals surface area contributed by atoms with Crippen LogP contribution in [0.15, 0.2) is 86.7 Å². The maximum absolute atomic E-state index is 14.7. The zero-order chi connectivity index (χ0) is 34.7. The van der Waals surface area contributed by atoms with Gasteiger partial charge >= 0.3 is 5.97 Å². The summed E-state index contributed by atoms with van der Waals surface area (Å²) in [5, 5.41) is 10.4. The van der Waals surface area contributed by atoms with E-state index in [2.05, 4.69) is 0 Å². The number of furan rings is 2. The van der Waals surface area contributed by atoms with Crippen LogP contribution < -0.4 is 9.21 Å². The van der Waals surface area contributed by atoms with Crippen LogP contribution >= 0.6 is 11.6 Å². The molecule has 12 heteroatoms. The van der Waals surface area contributed by atoms with E-state index in [0.717, 1.165) is 5.69 Å². The van der Waals surface area contributed by atoms with E-state index in [1.54, 1.807) is 61.2 Å². The monoisotopic (exact) mass is 691 g/mol. The zero-order valence-electron chi connectivity index (χ0n) is 27.5. The third kappa shape index (κ3) is 6.52. The molecule has 0 aliphatic heterocycles. The van der Waals surface area contributed by atoms with Gasteiger partial charge in [0.1, 0.15) is 11.3 Å². The largest absolute Gasteiger partial charge is 0.475 e. The van der Waals surface area contributed by atoms with E-state index < -0.39 is 16.0 Å². The number of hydrogen-bond donors (Lipinski definition) is 1. The molecule has 2 aromatic heterocycles. The Morgan fingerprint density at radius 3 is 2.31 bits per heavy atom. The van der Waals surface area contributed by atoms with Gasteiger partial charge in [0.15, 0.2) is 0 Å². The molecule has 252 valence electrons. The molecule has 5 rings (SSSR count). The molecule has 10 nitrogen and oxygen atoms in total. The molecule has 0 spiro atoms. The van der Waals surface area contributed by atoms with Crippen LogP contribution in [0.4, 0.5) is 11.4 Å². The molecule has 0 unspecified atom stereocenters. The Labute approximate surface area is 285 Å². The number of carboxylic acid groups (broad SMARTS) is 1. The fraction of sp³-hybridized carbons (Fsp3) is 0.278. The lowest BCUT2D eigenvalue weighted by atomic mass is 10.0. The van der Waals surface area contributed by atoms with Crippen LogP contribution in [-0.2, 0) is 29.5 Å². The summed E-state index contributed by atoms with van der Waals surface area (Å²) in [6, 6.07) is 18.8. The second kappa shape index (κ2) is 14.2. The summed E-state index contributed by atoms with van der Waals surface area (Å²) in [5.74, 6) is -1.24. The molecule has 1 N–H and O–H groups in total. The van der Waals surface area contributed by atoms with Gasteiger partial charge in [-0.2, -0.15) is 0 Å². The van der Waals surface area contributed by atoms with Gasteiger partial charge in [0.05, 0.1) is 34.0 Å². The summed E-state index contributed by atoms with van der Waals surface area (Å²) in [7, 11) is -2.27. The van der Waals surface area contributed by atoms with E-state index in [4.69, 9.17) is 20.4 Å². The fourth-order valence-electron chi connectivity index (χ4n) is 5.95. The van der Waals surface area contributed by atoms with Crippen molar-refractivity contribution in [3.05, 3.63) is 112 Å². The van der Waals surface area contributed by atoms with Gasteiger partial charge in [-0.1, -0.05) is 30.7 Å². The van der Waals surface area contributed by atoms with Crippen molar-refractivity contribution in [2.24, 2.45) is 0 Å². The highest BCUT2D eigenvalue weighted by atomic mass is 35.5. The molecule has 0 atom stereocenters. The highest BCUT2D eigenvalue weighted by Gasteiger charge is 2.32. The molecule has 0 aliphatic carbocycles. The second-order valence-corrected chi connectivity index (χ2v) is 13.6. The molecule has 1 amide bonds. The maximum Gasteiger partial charge on any atom is 0.372 e. The standard InChI is InChI=1S/C36H38ClN3O7S/c1-6-27-32(18-17-31-33(27)23(4)34(47-31)36(42)43)48(44,45)40(8-3)30-16-15-25(38(5)7-2)20-24(30)21-39(22-26-12-11-19-46-26)35(41)28-13-9-10-14-29(28)37/h9-20H,6-8,21-22H2,1-5H3,(H,42,43). The van der Waals surface area contributed by atoms with Gasteiger partial charge in [-0.05, 0) is 92.9 Å². The minimum Gasteiger partial charge on any atom is -0.475 e. The van der Waals surface area contributed by atoms with E-state index in [0.29, 0.717) is 62.7 Å². The van der Waals surface area contributed by atoms with E-state index in [1.165, 1.54) is 22.7 Å². The topological polar surface area (TPSA) is 125 Å². The molecule has 0 saturated carbocycles. The maximum atomic E-state index is 14.7. The van der Waals surface area contributed by atoms with E-state index in [9.17, 15) is 23.1 Å². The Hall–Kier alpha value is -4.74. The van der Waals surface area contributed by atoms with Gasteiger partial charge in [0.2, 0.25) is 5.76 Å². The first-order valence-corrected chi connectivity index (χ1v) is 17.5. The molecule has 0 aliphatic rings. The van der Waals surface area contributed by atoms with E-state index in [-0.39, 0.29) is 36.2 Å². The number of aryl methyl sites for hydroxylation is 2. The highest BCUT2D eigenvalue weighted by molar-refractivity contribution is 7.92. The van der Waals surface area contributed by atoms with Crippen LogP contribution in [0.2, 0.25) is 5.02 Å². The summed E-state index contributed by atoms with van der Waals surface area (Å²) >= 11 is 6.46. The minimum absolute atomic E-state index is 0.0417. The van der Waals surface area contributed by atoms with Crippen LogP contribution in [0.3, 0.4) is 0 Å². The van der Waals surface area contributed by atoms with Crippen molar-refractivity contribution in [3.63, 3.8) is 0 Å². The summed E-state index contributed by atoms with van der Waals surface area (Å²) in [6.45, 7) is 8.14. The first-order chi connectivity index (χ1) is 22.9. The molecular weight excluding hydrogens is 654 g/mol. The lowest BCUT2D eigenvalue weighted by Crippen LogP contribution is -2.35. The zero-order valence-corrected chi connectivity index (χ0v) is 29.1. The number of aromatic carboxylic acids is 1. The van der Waals surface area contributed by atoms with E-state index >= 15 is 0 Å². The average molecular weight is 692 g/mol. The molecule has 5 aromatic rings. The predicted molar refractivity (Wildman–Crippen MR) is 187 cm³/mol. The van der Waals surface area contributed by atoms with Crippen molar-refractivity contribution in [1.29, 1.82) is 0 Å². The Kier molecular flexibility index (Phi) is 10.2. The van der Waals surface area contributed by atoms with Crippen LogP contribution in [0.5, 0.6) is 0 Å². The van der Waals surface area contributed by atoms with Gasteiger partial charge in [-0.3, -0.25) is 9.10 Å². The van der Waals surface area contributed by atoms with Crippen molar-refractivity contribution >= 4 is 55.8 Å². The average Bonchev–Trinajstić information content (AvgIpc) is 3.72. The Morgan fingerprint density at radius 1 is 0.938 bits per heavy atom. The highest BCUT2D eigenvalue weighted by Crippen LogP contribution is 2.37. The number of fused-ring (bicyclic) bond motifs is 1. The molecular formula is C36H38ClN3O7S. The van der Waals surface area contributed by atoms with Gasteiger partial charge in [0.25, 0.3) is 15.9 Å². The molecule has 48 heavy (non-hydrogen) atoms. The number of carbonyl (C=O) groups excluding carboxylic acids is 1. The number of anilines is 2. The summed E-state index contributed by atoms with van der Waals surface area (Å²) < 4.78 is 41.9. The van der Waals surface area contributed by atoms with Crippen LogP contribution in [0.1, 0.15) is 64.1 Å². The van der Waals surface area contributed by atoms with Crippen molar-refractivity contribution < 1.29 is 31.9 Å². The number of benzene rings is 3. The normalized spacial score (nSPS) is 11.5. The van der Waals surface area contributed by atoms with Gasteiger partial charge in [-0.25, -0.2) is 13.2 Å². The first kappa shape index (κ1) is 34.6. The van der Waals surface area contributed by atoms with Gasteiger partial charge in [-0.15, -0.1) is 0 Å². The lowest BCUT2D eigenvalue weighted by molar-refractivity contribution is 0.0662. The quantitative estimate of drug-likeness (QED) is 0.133. The third-order valence-electron chi connectivity index (χ3n) is 8.49. The van der Waals surface area contributed by atoms with Crippen molar-refractivity contribution in [2.45, 2.75) is 52.1 Å². The summed E-state index contributed by atoms with van der Waals surface area (Å²) in [4.78, 5) is 29.5. The number of amides is 1. The van der Waals surface area contributed by atoms with Crippen LogP contribution in [0.25, 0.3) is 11.0 Å². The molecule has 2 heterocycles. The smallest absolute Gasteiger partial charge is 0.372 e. The second-order valence-electron chi connectivity index (χ2n) is 11.3. The Bertz CT molecular complexity index is 2070. The molecule has 0 fully saturated rings. The minimum atomic E-state index is -4.20. The number of hydrogen-bond acceptors (Lipinski definition) is 7. The van der Waals surface area contributed by atoms with Crippen molar-refractivity contribution in [2.75, 3.05) is 29.3 Å². The molecule has 0 saturated heterocycles. The Balaban J connectivity index is 1.66. The number of rotatable bonds is 13. The SMILES string of the molecule is CCc1c(S(=O)(=O)N(CC)c2ccc(N(C)CC)cc2CN(Cc2ccco2)C(=O)c2ccccc2Cl)ccc2oc(C(=O)O)c(C)c12. The Morgan fingerprint density at radius 2 is 1.69 bits per heavy atom. The number of carboxylic acids is 1. The number of sulfonamides is 1. The van der Waals surface area contributed by atoms with Gasteiger partial charge in [0, 0.05) is 43.3 Å². The molecule has 0 bridgehead atoms. The lowest BCUT2D eigenvalue weighted by Gasteiger charge is -2.30. The van der Waals surface area contributed by atoms with Crippen molar-refractivity contribution in [1.82, 2.24) is 4.90 Å². The number of halogens is 1. The molecule has 3 aromatic carbocycles. The van der Waals surface area contributed by atoms with Crippen LogP contribution in [0, 0.1) is 6.92 Å². The first-order valence-electron chi connectivity index (χ1n) is 15.6. The third-order valence-corrected chi connectivity index (χ3v) is 10.8. The fourth-order valence-corrected chi connectivity index (χ4v) is 7.98. The number of carbonyl (C=O) groups is 2. The summed E-state index contributed by atoms with van der Waals surface area (Å²) in [5.41, 5.74) is 3.30.